The van der Waals surface area contributed by atoms with Crippen LogP contribution in [0.2, 0.25) is 0 Å². The van der Waals surface area contributed by atoms with Gasteiger partial charge < -0.3 is 24.8 Å². The van der Waals surface area contributed by atoms with E-state index in [1.54, 1.807) is 18.3 Å². The number of nitrogens with zero attached hydrogens (tertiary/aromatic N) is 4. The number of aromatic nitrogens is 3. The summed E-state index contributed by atoms with van der Waals surface area (Å²) in [5.41, 5.74) is 2.82. The lowest BCUT2D eigenvalue weighted by Crippen LogP contribution is -2.37. The number of ether oxygens (including phenoxy) is 3. The van der Waals surface area contributed by atoms with Gasteiger partial charge in [0, 0.05) is 42.5 Å². The molecule has 3 heterocycles. The lowest BCUT2D eigenvalue weighted by Gasteiger charge is -2.26. The van der Waals surface area contributed by atoms with Crippen molar-refractivity contribution in [2.75, 3.05) is 50.1 Å². The molecule has 1 amide bonds. The van der Waals surface area contributed by atoms with Crippen molar-refractivity contribution in [2.45, 2.75) is 13.3 Å². The molecule has 0 aliphatic carbocycles. The largest absolute Gasteiger partial charge is 0.491 e. The molecule has 41 heavy (non-hydrogen) atoms. The van der Waals surface area contributed by atoms with Crippen LogP contribution in [0.4, 0.5) is 17.2 Å². The predicted octanol–water partition coefficient (Wildman–Crippen LogP) is 5.66. The van der Waals surface area contributed by atoms with Gasteiger partial charge in [0.1, 0.15) is 29.4 Å². The molecule has 4 aromatic rings. The van der Waals surface area contributed by atoms with Crippen molar-refractivity contribution in [2.24, 2.45) is 0 Å². The van der Waals surface area contributed by atoms with Gasteiger partial charge in [0.05, 0.1) is 42.3 Å². The molecule has 0 saturated carbocycles. The van der Waals surface area contributed by atoms with Gasteiger partial charge in [-0.25, -0.2) is 9.97 Å². The van der Waals surface area contributed by atoms with Crippen molar-refractivity contribution in [1.82, 2.24) is 19.9 Å². The first-order chi connectivity index (χ1) is 19.9. The Morgan fingerprint density at radius 3 is 2.59 bits per heavy atom. The maximum Gasteiger partial charge on any atom is 0.266 e. The fourth-order valence-electron chi connectivity index (χ4n) is 4.28. The van der Waals surface area contributed by atoms with Crippen molar-refractivity contribution in [3.05, 3.63) is 78.4 Å². The van der Waals surface area contributed by atoms with Crippen LogP contribution in [-0.2, 0) is 9.53 Å². The number of amides is 1. The molecular formula is C30H31ClN6O4. The standard InChI is InChI=1S/C30H31ClN6O4/c1-20-4-7-24(18-32-20)41-23-8-5-22(6-9-23)35-29-25-16-27(36-30(38)21(2)31)28(17-26(25)33-19-34-29)40-13-3-10-37-11-14-39-15-12-37/h4-9,16-19H,2-3,10-15H2,1H3,(H,36,38)(H,33,34,35). The summed E-state index contributed by atoms with van der Waals surface area (Å²) < 4.78 is 17.4. The van der Waals surface area contributed by atoms with E-state index in [9.17, 15) is 4.79 Å². The molecule has 0 bridgehead atoms. The number of rotatable bonds is 11. The number of fused-ring (bicyclic) bond motifs is 1. The number of carbonyl (C=O) groups is 1. The Morgan fingerprint density at radius 2 is 1.85 bits per heavy atom. The fraction of sp³-hybridized carbons (Fsp3) is 0.267. The van der Waals surface area contributed by atoms with Crippen molar-refractivity contribution in [3.8, 4) is 17.2 Å². The molecule has 1 saturated heterocycles. The number of halogens is 1. The Kier molecular flexibility index (Phi) is 9.25. The number of morpholine rings is 1. The quantitative estimate of drug-likeness (QED) is 0.173. The monoisotopic (exact) mass is 574 g/mol. The summed E-state index contributed by atoms with van der Waals surface area (Å²) >= 11 is 5.86. The molecule has 10 nitrogen and oxygen atoms in total. The highest BCUT2D eigenvalue weighted by atomic mass is 35.5. The average molecular weight is 575 g/mol. The van der Waals surface area contributed by atoms with E-state index in [-0.39, 0.29) is 5.03 Å². The third-order valence-corrected chi connectivity index (χ3v) is 6.62. The Morgan fingerprint density at radius 1 is 1.07 bits per heavy atom. The van der Waals surface area contributed by atoms with Crippen LogP contribution < -0.4 is 20.1 Å². The third-order valence-electron chi connectivity index (χ3n) is 6.45. The zero-order valence-electron chi connectivity index (χ0n) is 22.7. The highest BCUT2D eigenvalue weighted by Crippen LogP contribution is 2.34. The summed E-state index contributed by atoms with van der Waals surface area (Å²) in [6.07, 6.45) is 3.99. The van der Waals surface area contributed by atoms with E-state index >= 15 is 0 Å². The molecule has 0 radical (unpaired) electrons. The van der Waals surface area contributed by atoms with Crippen molar-refractivity contribution in [1.29, 1.82) is 0 Å². The lowest BCUT2D eigenvalue weighted by atomic mass is 10.1. The molecule has 11 heteroatoms. The number of hydrogen-bond donors (Lipinski definition) is 2. The minimum Gasteiger partial charge on any atom is -0.491 e. The smallest absolute Gasteiger partial charge is 0.266 e. The van der Waals surface area contributed by atoms with E-state index in [1.165, 1.54) is 6.33 Å². The minimum absolute atomic E-state index is 0.130. The summed E-state index contributed by atoms with van der Waals surface area (Å²) in [6.45, 7) is 10.2. The zero-order chi connectivity index (χ0) is 28.6. The SMILES string of the molecule is C=C(Cl)C(=O)Nc1cc2c(Nc3ccc(Oc4ccc(C)nc4)cc3)ncnc2cc1OCCCN1CCOCC1. The van der Waals surface area contributed by atoms with Gasteiger partial charge in [0.25, 0.3) is 5.91 Å². The summed E-state index contributed by atoms with van der Waals surface area (Å²) in [5, 5.41) is 6.67. The number of nitrogens with one attached hydrogen (secondary N) is 2. The Hall–Kier alpha value is -4.25. The van der Waals surface area contributed by atoms with Crippen LogP contribution in [0.1, 0.15) is 12.1 Å². The highest BCUT2D eigenvalue weighted by molar-refractivity contribution is 6.43. The maximum atomic E-state index is 12.4. The Labute approximate surface area is 243 Å². The lowest BCUT2D eigenvalue weighted by molar-refractivity contribution is -0.112. The molecule has 0 atom stereocenters. The minimum atomic E-state index is -0.519. The second kappa shape index (κ2) is 13.4. The molecule has 1 aliphatic heterocycles. The summed E-state index contributed by atoms with van der Waals surface area (Å²) in [6, 6.07) is 14.8. The zero-order valence-corrected chi connectivity index (χ0v) is 23.5. The van der Waals surface area contributed by atoms with E-state index < -0.39 is 5.91 Å². The van der Waals surface area contributed by atoms with Crippen LogP contribution in [-0.4, -0.2) is 65.2 Å². The molecule has 2 aromatic carbocycles. The molecule has 0 spiro atoms. The molecule has 5 rings (SSSR count). The van der Waals surface area contributed by atoms with Crippen molar-refractivity contribution >= 4 is 45.6 Å². The molecular weight excluding hydrogens is 544 g/mol. The van der Waals surface area contributed by atoms with E-state index in [0.717, 1.165) is 50.7 Å². The van der Waals surface area contributed by atoms with E-state index in [0.29, 0.717) is 46.3 Å². The first-order valence-electron chi connectivity index (χ1n) is 13.3. The van der Waals surface area contributed by atoms with Gasteiger partial charge in [-0.05, 0) is 55.8 Å². The van der Waals surface area contributed by atoms with E-state index in [2.05, 4.69) is 37.1 Å². The predicted molar refractivity (Wildman–Crippen MR) is 159 cm³/mol. The number of aryl methyl sites for hydroxylation is 1. The molecule has 1 aliphatic rings. The molecule has 2 N–H and O–H groups in total. The highest BCUT2D eigenvalue weighted by Gasteiger charge is 2.16. The summed E-state index contributed by atoms with van der Waals surface area (Å²) in [4.78, 5) is 27.9. The Balaban J connectivity index is 1.32. The van der Waals surface area contributed by atoms with Crippen molar-refractivity contribution < 1.29 is 19.0 Å². The van der Waals surface area contributed by atoms with Gasteiger partial charge in [-0.2, -0.15) is 0 Å². The van der Waals surface area contributed by atoms with Gasteiger partial charge >= 0.3 is 0 Å². The van der Waals surface area contributed by atoms with Crippen LogP contribution in [0.25, 0.3) is 10.9 Å². The van der Waals surface area contributed by atoms with Crippen LogP contribution in [0, 0.1) is 6.92 Å². The normalized spacial score (nSPS) is 13.5. The maximum absolute atomic E-state index is 12.4. The van der Waals surface area contributed by atoms with Crippen LogP contribution in [0.15, 0.2) is 72.7 Å². The number of hydrogen-bond acceptors (Lipinski definition) is 9. The number of pyridine rings is 1. The second-order valence-corrected chi connectivity index (χ2v) is 9.95. The number of carbonyl (C=O) groups excluding carboxylic acids is 1. The second-order valence-electron chi connectivity index (χ2n) is 9.49. The molecule has 0 unspecified atom stereocenters. The number of anilines is 3. The topological polar surface area (TPSA) is 111 Å². The summed E-state index contributed by atoms with van der Waals surface area (Å²) in [5.74, 6) is 1.87. The average Bonchev–Trinajstić information content (AvgIpc) is 2.98. The fourth-order valence-corrected chi connectivity index (χ4v) is 4.33. The Bertz CT molecular complexity index is 1510. The number of benzene rings is 2. The van der Waals surface area contributed by atoms with Crippen molar-refractivity contribution in [3.63, 3.8) is 0 Å². The molecule has 2 aromatic heterocycles. The van der Waals surface area contributed by atoms with Gasteiger partial charge in [-0.3, -0.25) is 14.7 Å². The van der Waals surface area contributed by atoms with Crippen LogP contribution >= 0.6 is 11.6 Å². The third kappa shape index (κ3) is 7.69. The van der Waals surface area contributed by atoms with E-state index in [4.69, 9.17) is 25.8 Å². The van der Waals surface area contributed by atoms with Gasteiger partial charge in [-0.1, -0.05) is 18.2 Å². The van der Waals surface area contributed by atoms with Crippen LogP contribution in [0.5, 0.6) is 17.2 Å². The summed E-state index contributed by atoms with van der Waals surface area (Å²) in [7, 11) is 0. The van der Waals surface area contributed by atoms with E-state index in [1.807, 2.05) is 43.3 Å². The molecule has 1 fully saturated rings. The van der Waals surface area contributed by atoms with Gasteiger partial charge in [0.15, 0.2) is 0 Å². The van der Waals surface area contributed by atoms with Gasteiger partial charge in [-0.15, -0.1) is 0 Å². The first kappa shape index (κ1) is 28.3. The molecule has 212 valence electrons. The first-order valence-corrected chi connectivity index (χ1v) is 13.7. The van der Waals surface area contributed by atoms with Crippen LogP contribution in [0.3, 0.4) is 0 Å². The van der Waals surface area contributed by atoms with Gasteiger partial charge in [0.2, 0.25) is 0 Å².